The minimum atomic E-state index is -6.28. The number of carbonyl (C=O) groups is 1. The summed E-state index contributed by atoms with van der Waals surface area (Å²) in [6, 6.07) is 0. The molecule has 0 fully saturated rings. The highest BCUT2D eigenvalue weighted by molar-refractivity contribution is 5.91. The van der Waals surface area contributed by atoms with E-state index in [2.05, 4.69) is 5.73 Å². The second kappa shape index (κ2) is 5.33. The molecule has 0 spiro atoms. The number of hydrogen-bond donors (Lipinski definition) is 1. The van der Waals surface area contributed by atoms with Crippen LogP contribution < -0.4 is 5.73 Å². The molecule has 0 aromatic heterocycles. The molecule has 0 aromatic rings. The highest BCUT2D eigenvalue weighted by Gasteiger charge is 2.74. The van der Waals surface area contributed by atoms with Crippen LogP contribution in [0.5, 0.6) is 0 Å². The van der Waals surface area contributed by atoms with Gasteiger partial charge in [0.15, 0.2) is 0 Å². The van der Waals surface area contributed by atoms with Gasteiger partial charge in [-0.3, -0.25) is 4.79 Å². The molecule has 0 aromatic carbocycles. The predicted molar refractivity (Wildman–Crippen MR) is 48.4 cm³/mol. The third kappa shape index (κ3) is 3.35. The zero-order valence-corrected chi connectivity index (χ0v) is 9.37. The van der Waals surface area contributed by atoms with Crippen molar-refractivity contribution in [1.29, 1.82) is 0 Å². The molecule has 0 radical (unpaired) electrons. The van der Waals surface area contributed by atoms with Crippen molar-refractivity contribution in [2.24, 2.45) is 5.73 Å². The molecule has 0 saturated carbocycles. The first kappa shape index (κ1) is 17.6. The summed E-state index contributed by atoms with van der Waals surface area (Å²) in [6.07, 6.45) is -6.82. The van der Waals surface area contributed by atoms with Crippen LogP contribution in [0.25, 0.3) is 0 Å². The molecule has 0 rings (SSSR count). The minimum absolute atomic E-state index is 0.178. The lowest BCUT2D eigenvalue weighted by Crippen LogP contribution is -2.57. The van der Waals surface area contributed by atoms with Gasteiger partial charge in [0.2, 0.25) is 5.91 Å². The molecule has 1 amide bonds. The van der Waals surface area contributed by atoms with Crippen LogP contribution in [0.3, 0.4) is 0 Å². The minimum Gasteiger partial charge on any atom is -0.366 e. The molecular weight excluding hydrogens is 290 g/mol. The predicted octanol–water partition coefficient (Wildman–Crippen LogP) is 2.98. The second-order valence-corrected chi connectivity index (χ2v) is 3.66. The Morgan fingerprint density at radius 3 is 1.89 bits per heavy atom. The lowest BCUT2D eigenvalue weighted by molar-refractivity contribution is -0.337. The van der Waals surface area contributed by atoms with Crippen LogP contribution in [-0.2, 0) is 4.79 Å². The van der Waals surface area contributed by atoms with Gasteiger partial charge in [-0.2, -0.15) is 26.3 Å². The summed E-state index contributed by atoms with van der Waals surface area (Å²) < 4.78 is 99.6. The molecule has 0 bridgehead atoms. The van der Waals surface area contributed by atoms with Gasteiger partial charge in [-0.05, 0) is 6.92 Å². The van der Waals surface area contributed by atoms with Crippen molar-refractivity contribution < 1.29 is 39.9 Å². The van der Waals surface area contributed by atoms with Crippen molar-refractivity contribution in [1.82, 2.24) is 0 Å². The molecule has 0 aliphatic heterocycles. The van der Waals surface area contributed by atoms with E-state index in [4.69, 9.17) is 0 Å². The maximum absolute atomic E-state index is 12.9. The van der Waals surface area contributed by atoms with Gasteiger partial charge in [0.1, 0.15) is 0 Å². The highest BCUT2D eigenvalue weighted by atomic mass is 19.4. The molecule has 0 aliphatic carbocycles. The van der Waals surface area contributed by atoms with Gasteiger partial charge in [0.25, 0.3) is 0 Å². The molecule has 2 N–H and O–H groups in total. The third-order valence-corrected chi connectivity index (χ3v) is 2.21. The lowest BCUT2D eigenvalue weighted by atomic mass is 10.0. The van der Waals surface area contributed by atoms with Crippen molar-refractivity contribution in [2.45, 2.75) is 37.5 Å². The molecule has 0 atom stereocenters. The van der Waals surface area contributed by atoms with Crippen molar-refractivity contribution >= 4 is 5.91 Å². The summed E-state index contributed by atoms with van der Waals surface area (Å²) in [5.74, 6) is -19.2. The summed E-state index contributed by atoms with van der Waals surface area (Å²) >= 11 is 0. The first-order valence-corrected chi connectivity index (χ1v) is 4.65. The van der Waals surface area contributed by atoms with Crippen molar-refractivity contribution in [2.75, 3.05) is 0 Å². The summed E-state index contributed by atoms with van der Waals surface area (Å²) in [6.45, 7) is 0.877. The Hall–Kier alpha value is -1.35. The Bertz CT molecular complexity index is 376. The number of alkyl halides is 8. The molecule has 19 heavy (non-hydrogen) atoms. The van der Waals surface area contributed by atoms with E-state index in [1.165, 1.54) is 0 Å². The number of amides is 1. The molecule has 0 aliphatic rings. The normalized spacial score (nSPS) is 14.9. The number of nitrogens with two attached hydrogens (primary N) is 1. The molecule has 10 heteroatoms. The molecule has 0 saturated heterocycles. The fourth-order valence-electron chi connectivity index (χ4n) is 0.891. The largest absolute Gasteiger partial charge is 0.378 e. The molecular formula is C9H9F8NO. The van der Waals surface area contributed by atoms with E-state index in [9.17, 15) is 39.9 Å². The van der Waals surface area contributed by atoms with E-state index in [1.54, 1.807) is 0 Å². The summed E-state index contributed by atoms with van der Waals surface area (Å²) in [7, 11) is 0. The lowest BCUT2D eigenvalue weighted by Gasteiger charge is -2.31. The monoisotopic (exact) mass is 299 g/mol. The van der Waals surface area contributed by atoms with E-state index in [-0.39, 0.29) is 6.08 Å². The van der Waals surface area contributed by atoms with Crippen molar-refractivity contribution in [3.63, 3.8) is 0 Å². The Kier molecular flexibility index (Phi) is 4.96. The molecule has 0 unspecified atom stereocenters. The van der Waals surface area contributed by atoms with E-state index in [0.717, 1.165) is 6.92 Å². The molecule has 0 heterocycles. The third-order valence-electron chi connectivity index (χ3n) is 2.21. The SMILES string of the molecule is C/C(=C\CC(F)(F)C(F)(F)C(F)(F)C(F)F)C(N)=O. The zero-order valence-electron chi connectivity index (χ0n) is 9.37. The Balaban J connectivity index is 5.30. The Morgan fingerprint density at radius 1 is 1.16 bits per heavy atom. The number of hydrogen-bond acceptors (Lipinski definition) is 1. The van der Waals surface area contributed by atoms with Gasteiger partial charge in [-0.15, -0.1) is 0 Å². The van der Waals surface area contributed by atoms with Crippen LogP contribution in [-0.4, -0.2) is 30.1 Å². The molecule has 2 nitrogen and oxygen atoms in total. The van der Waals surface area contributed by atoms with E-state index < -0.39 is 42.1 Å². The average Bonchev–Trinajstić information content (AvgIpc) is 2.24. The summed E-state index contributed by atoms with van der Waals surface area (Å²) in [5.41, 5.74) is 4.01. The topological polar surface area (TPSA) is 43.1 Å². The first-order valence-electron chi connectivity index (χ1n) is 4.65. The van der Waals surface area contributed by atoms with Crippen LogP contribution in [0.1, 0.15) is 13.3 Å². The zero-order chi connectivity index (χ0) is 15.6. The maximum Gasteiger partial charge on any atom is 0.378 e. The van der Waals surface area contributed by atoms with E-state index in [0.29, 0.717) is 0 Å². The van der Waals surface area contributed by atoms with Crippen molar-refractivity contribution in [3.8, 4) is 0 Å². The van der Waals surface area contributed by atoms with Crippen LogP contribution in [0.2, 0.25) is 0 Å². The number of primary amides is 1. The summed E-state index contributed by atoms with van der Waals surface area (Å²) in [4.78, 5) is 10.4. The second-order valence-electron chi connectivity index (χ2n) is 3.66. The van der Waals surface area contributed by atoms with Crippen LogP contribution >= 0.6 is 0 Å². The number of allylic oxidation sites excluding steroid dienone is 1. The van der Waals surface area contributed by atoms with Crippen LogP contribution in [0, 0.1) is 0 Å². The fraction of sp³-hybridized carbons (Fsp3) is 0.667. The standard InChI is InChI=1S/C9H9F8NO/c1-4(5(18)19)2-3-7(12,13)9(16,17)8(14,15)6(10)11/h2,6H,3H2,1H3,(H2,18,19)/b4-2+. The summed E-state index contributed by atoms with van der Waals surface area (Å²) in [5, 5.41) is 0. The van der Waals surface area contributed by atoms with Crippen LogP contribution in [0.15, 0.2) is 11.6 Å². The quantitative estimate of drug-likeness (QED) is 0.594. The van der Waals surface area contributed by atoms with Gasteiger partial charge in [-0.1, -0.05) is 6.08 Å². The van der Waals surface area contributed by atoms with Gasteiger partial charge in [-0.25, -0.2) is 8.78 Å². The number of rotatable bonds is 6. The fourth-order valence-corrected chi connectivity index (χ4v) is 0.891. The average molecular weight is 299 g/mol. The van der Waals surface area contributed by atoms with Gasteiger partial charge in [0, 0.05) is 12.0 Å². The Morgan fingerprint density at radius 2 is 1.58 bits per heavy atom. The van der Waals surface area contributed by atoms with E-state index >= 15 is 0 Å². The smallest absolute Gasteiger partial charge is 0.366 e. The van der Waals surface area contributed by atoms with Gasteiger partial charge < -0.3 is 5.73 Å². The van der Waals surface area contributed by atoms with Crippen molar-refractivity contribution in [3.05, 3.63) is 11.6 Å². The van der Waals surface area contributed by atoms with Gasteiger partial charge in [0.05, 0.1) is 0 Å². The Labute approximate surface area is 102 Å². The number of carbonyl (C=O) groups excluding carboxylic acids is 1. The van der Waals surface area contributed by atoms with Gasteiger partial charge >= 0.3 is 24.2 Å². The van der Waals surface area contributed by atoms with E-state index in [1.807, 2.05) is 0 Å². The first-order chi connectivity index (χ1) is 8.27. The van der Waals surface area contributed by atoms with Crippen LogP contribution in [0.4, 0.5) is 35.1 Å². The maximum atomic E-state index is 12.9. The number of halogens is 8. The highest BCUT2D eigenvalue weighted by Crippen LogP contribution is 2.49. The molecule has 112 valence electrons.